The summed E-state index contributed by atoms with van der Waals surface area (Å²) in [6.45, 7) is 1.89. The number of aromatic hydroxyl groups is 1. The van der Waals surface area contributed by atoms with Crippen LogP contribution in [0, 0.1) is 12.7 Å². The van der Waals surface area contributed by atoms with Gasteiger partial charge >= 0.3 is 0 Å². The van der Waals surface area contributed by atoms with Crippen molar-refractivity contribution in [3.05, 3.63) is 59.2 Å². The van der Waals surface area contributed by atoms with Crippen molar-refractivity contribution in [1.82, 2.24) is 4.98 Å². The van der Waals surface area contributed by atoms with E-state index in [2.05, 4.69) is 9.98 Å². The van der Waals surface area contributed by atoms with Gasteiger partial charge in [0.2, 0.25) is 0 Å². The Balaban J connectivity index is 2.14. The number of halogens is 1. The summed E-state index contributed by atoms with van der Waals surface area (Å²) in [4.78, 5) is 8.53. The number of hydrogen-bond donors (Lipinski definition) is 2. The van der Waals surface area contributed by atoms with E-state index in [4.69, 9.17) is 5.73 Å². The molecule has 0 aliphatic carbocycles. The van der Waals surface area contributed by atoms with Crippen LogP contribution in [-0.4, -0.2) is 15.9 Å². The monoisotopic (exact) mass is 283 g/mol. The molecule has 0 radical (unpaired) electrons. The minimum atomic E-state index is -0.657. The molecule has 2 heterocycles. The van der Waals surface area contributed by atoms with E-state index in [9.17, 15) is 9.50 Å². The van der Waals surface area contributed by atoms with Crippen LogP contribution in [0.1, 0.15) is 23.2 Å². The van der Waals surface area contributed by atoms with Gasteiger partial charge in [0.25, 0.3) is 0 Å². The Bertz CT molecular complexity index is 781. The Labute approximate surface area is 121 Å². The van der Waals surface area contributed by atoms with E-state index >= 15 is 0 Å². The van der Waals surface area contributed by atoms with Gasteiger partial charge in [-0.25, -0.2) is 9.38 Å². The lowest BCUT2D eigenvalue weighted by atomic mass is 9.98. The number of phenolic OH excluding ortho intramolecular Hbond substituents is 1. The van der Waals surface area contributed by atoms with Crippen molar-refractivity contribution in [2.75, 3.05) is 0 Å². The average Bonchev–Trinajstić information content (AvgIpc) is 2.84. The number of benzene rings is 1. The maximum Gasteiger partial charge on any atom is 0.165 e. The molecule has 106 valence electrons. The number of nitrogens with two attached hydrogens (primary N) is 1. The Morgan fingerprint density at radius 2 is 2.00 bits per heavy atom. The molecule has 0 fully saturated rings. The molecule has 0 atom stereocenters. The van der Waals surface area contributed by atoms with Gasteiger partial charge in [-0.15, -0.1) is 0 Å². The third-order valence-corrected chi connectivity index (χ3v) is 3.37. The molecule has 1 aromatic heterocycles. The fraction of sp³-hybridized carbons (Fsp3) is 0.125. The van der Waals surface area contributed by atoms with E-state index in [1.807, 2.05) is 19.1 Å². The molecule has 1 aromatic carbocycles. The van der Waals surface area contributed by atoms with Crippen LogP contribution in [0.4, 0.5) is 4.39 Å². The van der Waals surface area contributed by atoms with E-state index in [-0.39, 0.29) is 5.75 Å². The number of aliphatic imine (C=N–C) groups is 1. The molecule has 0 saturated carbocycles. The van der Waals surface area contributed by atoms with Crippen molar-refractivity contribution >= 4 is 17.1 Å². The van der Waals surface area contributed by atoms with Gasteiger partial charge < -0.3 is 10.8 Å². The lowest BCUT2D eigenvalue weighted by Crippen LogP contribution is -2.07. The molecular weight excluding hydrogens is 269 g/mol. The third-order valence-electron chi connectivity index (χ3n) is 3.37. The fourth-order valence-electron chi connectivity index (χ4n) is 2.38. The lowest BCUT2D eigenvalue weighted by molar-refractivity contribution is 0.432. The van der Waals surface area contributed by atoms with Crippen molar-refractivity contribution < 1.29 is 9.50 Å². The Morgan fingerprint density at radius 1 is 1.19 bits per heavy atom. The molecule has 21 heavy (non-hydrogen) atoms. The predicted molar refractivity (Wildman–Crippen MR) is 80.1 cm³/mol. The first kappa shape index (κ1) is 13.3. The molecule has 4 nitrogen and oxygen atoms in total. The molecule has 1 aliphatic rings. The minimum absolute atomic E-state index is 0.368. The van der Waals surface area contributed by atoms with Gasteiger partial charge in [-0.2, -0.15) is 0 Å². The average molecular weight is 283 g/mol. The van der Waals surface area contributed by atoms with E-state index < -0.39 is 5.82 Å². The zero-order valence-electron chi connectivity index (χ0n) is 11.5. The van der Waals surface area contributed by atoms with Crippen LogP contribution in [0.15, 0.2) is 41.5 Å². The van der Waals surface area contributed by atoms with Crippen molar-refractivity contribution in [2.24, 2.45) is 10.7 Å². The molecule has 3 rings (SSSR count). The van der Waals surface area contributed by atoms with Gasteiger partial charge in [0.15, 0.2) is 11.6 Å². The van der Waals surface area contributed by atoms with Crippen molar-refractivity contribution in [3.63, 3.8) is 0 Å². The lowest BCUT2D eigenvalue weighted by Gasteiger charge is -2.08. The van der Waals surface area contributed by atoms with Gasteiger partial charge in [-0.1, -0.05) is 6.07 Å². The first-order valence-corrected chi connectivity index (χ1v) is 6.52. The number of hydrogen-bond acceptors (Lipinski definition) is 4. The molecule has 3 N–H and O–H groups in total. The van der Waals surface area contributed by atoms with Gasteiger partial charge in [-0.05, 0) is 42.3 Å². The molecule has 0 spiro atoms. The van der Waals surface area contributed by atoms with Crippen LogP contribution in [0.25, 0.3) is 11.3 Å². The normalized spacial score (nSPS) is 14.5. The van der Waals surface area contributed by atoms with Crippen molar-refractivity contribution in [2.45, 2.75) is 13.3 Å². The Hall–Kier alpha value is -2.69. The number of nitrogens with zero attached hydrogens (tertiary/aromatic N) is 2. The van der Waals surface area contributed by atoms with E-state index in [1.54, 1.807) is 12.3 Å². The molecule has 0 bridgehead atoms. The van der Waals surface area contributed by atoms with Crippen LogP contribution in [0.5, 0.6) is 5.75 Å². The highest BCUT2D eigenvalue weighted by atomic mass is 19.1. The zero-order chi connectivity index (χ0) is 15.0. The van der Waals surface area contributed by atoms with Gasteiger partial charge in [-0.3, -0.25) is 4.98 Å². The first-order valence-electron chi connectivity index (χ1n) is 6.52. The SMILES string of the molecule is Cc1cc(C2=C(c3ccc(O)c(F)c3)CC(N)=N2)ccn1. The molecule has 0 unspecified atom stereocenters. The molecular formula is C16H14FN3O. The molecule has 5 heteroatoms. The zero-order valence-corrected chi connectivity index (χ0v) is 11.5. The number of rotatable bonds is 2. The second-order valence-corrected chi connectivity index (χ2v) is 4.96. The number of aryl methyl sites for hydroxylation is 1. The largest absolute Gasteiger partial charge is 0.505 e. The van der Waals surface area contributed by atoms with E-state index in [1.165, 1.54) is 12.1 Å². The number of phenols is 1. The fourth-order valence-corrected chi connectivity index (χ4v) is 2.38. The minimum Gasteiger partial charge on any atom is -0.505 e. The van der Waals surface area contributed by atoms with Crippen molar-refractivity contribution in [3.8, 4) is 5.75 Å². The molecule has 0 amide bonds. The first-order chi connectivity index (χ1) is 10.0. The molecule has 1 aliphatic heterocycles. The molecule has 2 aromatic rings. The van der Waals surface area contributed by atoms with Crippen LogP contribution in [0.2, 0.25) is 0 Å². The van der Waals surface area contributed by atoms with Crippen LogP contribution >= 0.6 is 0 Å². The van der Waals surface area contributed by atoms with E-state index in [0.717, 1.165) is 22.5 Å². The van der Waals surface area contributed by atoms with Gasteiger partial charge in [0.05, 0.1) is 5.70 Å². The maximum absolute atomic E-state index is 13.6. The highest BCUT2D eigenvalue weighted by Gasteiger charge is 2.20. The highest BCUT2D eigenvalue weighted by Crippen LogP contribution is 2.35. The molecule has 0 saturated heterocycles. The summed E-state index contributed by atoms with van der Waals surface area (Å²) < 4.78 is 13.6. The summed E-state index contributed by atoms with van der Waals surface area (Å²) in [7, 11) is 0. The van der Waals surface area contributed by atoms with Gasteiger partial charge in [0.1, 0.15) is 5.84 Å². The smallest absolute Gasteiger partial charge is 0.165 e. The summed E-state index contributed by atoms with van der Waals surface area (Å²) in [5, 5.41) is 9.31. The summed E-state index contributed by atoms with van der Waals surface area (Å²) in [6.07, 6.45) is 2.16. The quantitative estimate of drug-likeness (QED) is 0.890. The maximum atomic E-state index is 13.6. The summed E-state index contributed by atoms with van der Waals surface area (Å²) in [5.41, 5.74) is 9.85. The Morgan fingerprint density at radius 3 is 2.71 bits per heavy atom. The second-order valence-electron chi connectivity index (χ2n) is 4.96. The third kappa shape index (κ3) is 2.50. The van der Waals surface area contributed by atoms with Crippen LogP contribution in [0.3, 0.4) is 0 Å². The summed E-state index contributed by atoms with van der Waals surface area (Å²) in [6, 6.07) is 8.06. The van der Waals surface area contributed by atoms with Crippen molar-refractivity contribution in [1.29, 1.82) is 0 Å². The van der Waals surface area contributed by atoms with E-state index in [0.29, 0.717) is 17.8 Å². The van der Waals surface area contributed by atoms with Crippen LogP contribution in [-0.2, 0) is 0 Å². The number of amidine groups is 1. The van der Waals surface area contributed by atoms with Gasteiger partial charge in [0, 0.05) is 23.9 Å². The topological polar surface area (TPSA) is 71.5 Å². The summed E-state index contributed by atoms with van der Waals surface area (Å²) >= 11 is 0. The Kier molecular flexibility index (Phi) is 3.17. The number of pyridine rings is 1. The highest BCUT2D eigenvalue weighted by molar-refractivity contribution is 6.08. The van der Waals surface area contributed by atoms with Crippen LogP contribution < -0.4 is 5.73 Å². The predicted octanol–water partition coefficient (Wildman–Crippen LogP) is 2.86. The standard InChI is InChI=1S/C16H14FN3O/c1-9-6-11(4-5-19-9)16-12(8-15(18)20-16)10-2-3-14(21)13(17)7-10/h2-7,21H,8H2,1H3,(H2,18,20). The summed E-state index contributed by atoms with van der Waals surface area (Å²) in [5.74, 6) is -0.536. The second kappa shape index (κ2) is 5.01. The number of aromatic nitrogens is 1.